The Morgan fingerprint density at radius 3 is 1.22 bits per heavy atom. The lowest BCUT2D eigenvalue weighted by atomic mass is 10.0. The molecule has 1 heterocycles. The van der Waals surface area contributed by atoms with Gasteiger partial charge in [-0.25, -0.2) is 0 Å². The summed E-state index contributed by atoms with van der Waals surface area (Å²) in [5.41, 5.74) is 9.69. The number of nitrogens with zero attached hydrogens (tertiary/aromatic N) is 2. The van der Waals surface area contributed by atoms with Crippen LogP contribution >= 0.6 is 34.8 Å². The summed E-state index contributed by atoms with van der Waals surface area (Å²) in [6.07, 6.45) is -0.359. The van der Waals surface area contributed by atoms with Gasteiger partial charge in [-0.1, -0.05) is 70.2 Å². The van der Waals surface area contributed by atoms with Gasteiger partial charge in [0, 0.05) is 24.5 Å². The van der Waals surface area contributed by atoms with Gasteiger partial charge in [0.25, 0.3) is 0 Å². The van der Waals surface area contributed by atoms with Crippen molar-refractivity contribution in [1.29, 1.82) is 0 Å². The number of hydrogen-bond acceptors (Lipinski definition) is 2. The number of alkyl halides is 3. The number of halogens is 3. The summed E-state index contributed by atoms with van der Waals surface area (Å²) in [6, 6.07) is 8.79. The van der Waals surface area contributed by atoms with E-state index < -0.39 is 3.79 Å². The quantitative estimate of drug-likeness (QED) is 0.503. The molecule has 0 aliphatic carbocycles. The molecule has 2 nitrogen and oxygen atoms in total. The molecule has 2 aromatic carbocycles. The van der Waals surface area contributed by atoms with Crippen LogP contribution in [0.3, 0.4) is 0 Å². The Morgan fingerprint density at radius 1 is 0.667 bits per heavy atom. The molecule has 0 spiro atoms. The van der Waals surface area contributed by atoms with Crippen LogP contribution in [0.15, 0.2) is 24.3 Å². The van der Waals surface area contributed by atoms with E-state index in [1.165, 1.54) is 44.8 Å². The summed E-state index contributed by atoms with van der Waals surface area (Å²) < 4.78 is -1.44. The van der Waals surface area contributed by atoms with Crippen LogP contribution in [-0.4, -0.2) is 23.0 Å². The van der Waals surface area contributed by atoms with Crippen molar-refractivity contribution in [1.82, 2.24) is 0 Å². The molecule has 1 aliphatic heterocycles. The van der Waals surface area contributed by atoms with E-state index in [-0.39, 0.29) is 6.17 Å². The monoisotopic (exact) mass is 424 g/mol. The average Bonchev–Trinajstić information content (AvgIpc) is 2.89. The van der Waals surface area contributed by atoms with Gasteiger partial charge in [-0.05, 0) is 63.8 Å². The molecular formula is C22H27Cl3N2. The molecule has 3 rings (SSSR count). The SMILES string of the molecule is Cc1cc(C)c(N2CCN(c3c(C)cc(C)cc3C)C2C(Cl)(Cl)Cl)c(C)c1. The fourth-order valence-corrected chi connectivity index (χ4v) is 5.41. The zero-order valence-electron chi connectivity index (χ0n) is 16.8. The standard InChI is InChI=1S/C22H27Cl3N2/c1-13-9-15(3)19(16(4)10-13)26-7-8-27(21(26)22(23,24)25)20-17(5)11-14(2)12-18(20)6/h9-12,21H,7-8H2,1-6H3. The highest BCUT2D eigenvalue weighted by Crippen LogP contribution is 2.45. The molecule has 0 saturated carbocycles. The van der Waals surface area contributed by atoms with Crippen molar-refractivity contribution in [2.75, 3.05) is 22.9 Å². The number of rotatable bonds is 2. The Labute approximate surface area is 178 Å². The van der Waals surface area contributed by atoms with Gasteiger partial charge in [-0.3, -0.25) is 0 Å². The van der Waals surface area contributed by atoms with Crippen LogP contribution in [0.25, 0.3) is 0 Å². The Hall–Kier alpha value is -1.09. The molecule has 0 aromatic heterocycles. The van der Waals surface area contributed by atoms with Crippen molar-refractivity contribution in [2.45, 2.75) is 51.5 Å². The van der Waals surface area contributed by atoms with Crippen molar-refractivity contribution in [3.05, 3.63) is 57.6 Å². The highest BCUT2D eigenvalue weighted by molar-refractivity contribution is 6.68. The van der Waals surface area contributed by atoms with Crippen LogP contribution in [0.2, 0.25) is 0 Å². The minimum atomic E-state index is -1.44. The molecule has 0 bridgehead atoms. The van der Waals surface area contributed by atoms with Gasteiger partial charge < -0.3 is 9.80 Å². The maximum absolute atomic E-state index is 6.55. The maximum atomic E-state index is 6.55. The molecular weight excluding hydrogens is 399 g/mol. The molecule has 0 amide bonds. The Morgan fingerprint density at radius 2 is 0.963 bits per heavy atom. The van der Waals surface area contributed by atoms with Crippen molar-refractivity contribution in [3.8, 4) is 0 Å². The number of hydrogen-bond donors (Lipinski definition) is 0. The summed E-state index contributed by atoms with van der Waals surface area (Å²) in [5, 5.41) is 0. The highest BCUT2D eigenvalue weighted by Gasteiger charge is 2.47. The molecule has 2 aromatic rings. The fraction of sp³-hybridized carbons (Fsp3) is 0.455. The van der Waals surface area contributed by atoms with Gasteiger partial charge in [0.2, 0.25) is 3.79 Å². The van der Waals surface area contributed by atoms with Crippen LogP contribution in [0.5, 0.6) is 0 Å². The molecule has 0 N–H and O–H groups in total. The normalized spacial score (nSPS) is 15.7. The first kappa shape index (κ1) is 20.6. The molecule has 1 saturated heterocycles. The third-order valence-electron chi connectivity index (χ3n) is 5.31. The van der Waals surface area contributed by atoms with Crippen molar-refractivity contribution in [3.63, 3.8) is 0 Å². The third kappa shape index (κ3) is 3.90. The molecule has 1 fully saturated rings. The second-order valence-corrected chi connectivity index (χ2v) is 10.2. The van der Waals surface area contributed by atoms with E-state index in [1.807, 2.05) is 0 Å². The molecule has 5 heteroatoms. The first-order chi connectivity index (χ1) is 12.5. The Kier molecular flexibility index (Phi) is 5.65. The zero-order valence-corrected chi connectivity index (χ0v) is 19.1. The predicted molar refractivity (Wildman–Crippen MR) is 120 cm³/mol. The zero-order chi connectivity index (χ0) is 20.1. The molecule has 27 heavy (non-hydrogen) atoms. The molecule has 0 unspecified atom stereocenters. The number of benzene rings is 2. The van der Waals surface area contributed by atoms with Crippen LogP contribution < -0.4 is 9.80 Å². The second kappa shape index (κ2) is 7.39. The maximum Gasteiger partial charge on any atom is 0.228 e. The molecule has 0 atom stereocenters. The molecule has 1 aliphatic rings. The van der Waals surface area contributed by atoms with E-state index in [1.54, 1.807) is 0 Å². The van der Waals surface area contributed by atoms with Gasteiger partial charge in [-0.2, -0.15) is 0 Å². The predicted octanol–water partition coefficient (Wildman–Crippen LogP) is 6.56. The average molecular weight is 426 g/mol. The minimum Gasteiger partial charge on any atom is -0.345 e. The van der Waals surface area contributed by atoms with E-state index in [2.05, 4.69) is 75.6 Å². The summed E-state index contributed by atoms with van der Waals surface area (Å²) in [4.78, 5) is 4.52. The lowest BCUT2D eigenvalue weighted by Crippen LogP contribution is -2.49. The summed E-state index contributed by atoms with van der Waals surface area (Å²) in [6.45, 7) is 14.4. The van der Waals surface area contributed by atoms with Gasteiger partial charge in [0.05, 0.1) is 0 Å². The van der Waals surface area contributed by atoms with Gasteiger partial charge in [0.15, 0.2) is 6.17 Å². The minimum absolute atomic E-state index is 0.359. The Balaban J connectivity index is 2.13. The Bertz CT molecular complexity index is 759. The summed E-state index contributed by atoms with van der Waals surface area (Å²) in [5.74, 6) is 0. The lowest BCUT2D eigenvalue weighted by molar-refractivity contribution is 0.676. The van der Waals surface area contributed by atoms with Gasteiger partial charge in [-0.15, -0.1) is 0 Å². The smallest absolute Gasteiger partial charge is 0.228 e. The van der Waals surface area contributed by atoms with E-state index in [0.29, 0.717) is 0 Å². The topological polar surface area (TPSA) is 6.48 Å². The largest absolute Gasteiger partial charge is 0.345 e. The van der Waals surface area contributed by atoms with Crippen LogP contribution in [-0.2, 0) is 0 Å². The lowest BCUT2D eigenvalue weighted by Gasteiger charge is -2.39. The van der Waals surface area contributed by atoms with Crippen molar-refractivity contribution < 1.29 is 0 Å². The first-order valence-electron chi connectivity index (χ1n) is 9.26. The van der Waals surface area contributed by atoms with Crippen molar-refractivity contribution in [2.24, 2.45) is 0 Å². The van der Waals surface area contributed by atoms with Crippen LogP contribution in [0.4, 0.5) is 11.4 Å². The number of anilines is 2. The van der Waals surface area contributed by atoms with Crippen molar-refractivity contribution >= 4 is 46.2 Å². The fourth-order valence-electron chi connectivity index (χ4n) is 4.70. The molecule has 146 valence electrons. The molecule has 0 radical (unpaired) electrons. The van der Waals surface area contributed by atoms with Crippen LogP contribution in [0.1, 0.15) is 33.4 Å². The summed E-state index contributed by atoms with van der Waals surface area (Å²) >= 11 is 19.6. The number of aryl methyl sites for hydroxylation is 6. The van der Waals surface area contributed by atoms with E-state index >= 15 is 0 Å². The van der Waals surface area contributed by atoms with E-state index in [4.69, 9.17) is 34.8 Å². The highest BCUT2D eigenvalue weighted by atomic mass is 35.6. The van der Waals surface area contributed by atoms with Gasteiger partial charge >= 0.3 is 0 Å². The van der Waals surface area contributed by atoms with Gasteiger partial charge in [0.1, 0.15) is 0 Å². The van der Waals surface area contributed by atoms with E-state index in [9.17, 15) is 0 Å². The van der Waals surface area contributed by atoms with Crippen LogP contribution in [0, 0.1) is 41.5 Å². The summed E-state index contributed by atoms with van der Waals surface area (Å²) in [7, 11) is 0. The third-order valence-corrected chi connectivity index (χ3v) is 5.90. The van der Waals surface area contributed by atoms with E-state index in [0.717, 1.165) is 13.1 Å². The second-order valence-electron chi connectivity index (χ2n) is 7.80. The first-order valence-corrected chi connectivity index (χ1v) is 10.4.